The lowest BCUT2D eigenvalue weighted by Crippen LogP contribution is -2.43. The van der Waals surface area contributed by atoms with Gasteiger partial charge >= 0.3 is 0 Å². The molecule has 0 bridgehead atoms. The number of guanidine groups is 1. The second-order valence-corrected chi connectivity index (χ2v) is 7.72. The minimum Gasteiger partial charge on any atom is -0.397 e. The number of aliphatic imine (C=N–C) groups is 1. The monoisotopic (exact) mass is 416 g/mol. The first-order valence-electron chi connectivity index (χ1n) is 9.98. The second-order valence-electron chi connectivity index (χ2n) is 7.72. The van der Waals surface area contributed by atoms with Crippen molar-refractivity contribution in [1.29, 1.82) is 10.5 Å². The number of benzene rings is 1. The number of nitrogen functional groups attached to an aromatic ring is 2. The van der Waals surface area contributed by atoms with Gasteiger partial charge in [-0.15, -0.1) is 0 Å². The molecule has 2 aromatic rings. The van der Waals surface area contributed by atoms with Crippen molar-refractivity contribution in [3.8, 4) is 12.3 Å². The fourth-order valence-corrected chi connectivity index (χ4v) is 3.89. The second kappa shape index (κ2) is 8.48. The van der Waals surface area contributed by atoms with Crippen LogP contribution in [-0.4, -0.2) is 54.0 Å². The lowest BCUT2D eigenvalue weighted by atomic mass is 9.94. The normalized spacial score (nSPS) is 18.8. The van der Waals surface area contributed by atoms with Crippen LogP contribution in [0.2, 0.25) is 0 Å². The highest BCUT2D eigenvalue weighted by molar-refractivity contribution is 5.98. The van der Waals surface area contributed by atoms with E-state index < -0.39 is 6.04 Å². The molecule has 10 nitrogen and oxygen atoms in total. The fraction of sp³-hybridized carbons (Fsp3) is 0.333. The fourth-order valence-electron chi connectivity index (χ4n) is 3.89. The number of piperazine rings is 1. The van der Waals surface area contributed by atoms with Gasteiger partial charge in [0.05, 0.1) is 5.69 Å². The van der Waals surface area contributed by atoms with E-state index in [0.717, 1.165) is 38.3 Å². The van der Waals surface area contributed by atoms with Gasteiger partial charge in [0.25, 0.3) is 0 Å². The Labute approximate surface area is 180 Å². The van der Waals surface area contributed by atoms with Crippen LogP contribution in [0.15, 0.2) is 29.3 Å². The predicted octanol–water partition coefficient (Wildman–Crippen LogP) is 0.807. The van der Waals surface area contributed by atoms with E-state index in [4.69, 9.17) is 16.7 Å². The Bertz CT molecular complexity index is 1090. The standard InChI is InChI=1S/C21H24N10/c1-30-6-8-31(9-7-30)11-13-2-4-14(5-3-13)18-16-17(24)15(10-22)19(25)28-20(16)29-21(27-18)26-12-23/h2-5,18H,6-9,11H2,1H3,(H6,24,25,26,27,28,29). The molecule has 0 spiro atoms. The predicted molar refractivity (Wildman–Crippen MR) is 119 cm³/mol. The zero-order chi connectivity index (χ0) is 22.0. The molecule has 2 aliphatic heterocycles. The van der Waals surface area contributed by atoms with Gasteiger partial charge in [0.15, 0.2) is 6.19 Å². The molecule has 1 aromatic heterocycles. The average Bonchev–Trinajstić information content (AvgIpc) is 2.76. The van der Waals surface area contributed by atoms with Gasteiger partial charge in [-0.3, -0.25) is 10.2 Å². The molecule has 6 N–H and O–H groups in total. The summed E-state index contributed by atoms with van der Waals surface area (Å²) in [6, 6.07) is 9.65. The summed E-state index contributed by atoms with van der Waals surface area (Å²) in [5.41, 5.74) is 15.2. The zero-order valence-corrected chi connectivity index (χ0v) is 17.3. The van der Waals surface area contributed by atoms with Crippen molar-refractivity contribution in [1.82, 2.24) is 20.1 Å². The van der Waals surface area contributed by atoms with Crippen molar-refractivity contribution >= 4 is 23.3 Å². The van der Waals surface area contributed by atoms with Crippen molar-refractivity contribution in [2.75, 3.05) is 50.0 Å². The maximum absolute atomic E-state index is 9.43. The molecule has 0 amide bonds. The third-order valence-corrected chi connectivity index (χ3v) is 5.66. The van der Waals surface area contributed by atoms with Gasteiger partial charge in [0, 0.05) is 38.3 Å². The van der Waals surface area contributed by atoms with E-state index in [9.17, 15) is 5.26 Å². The quantitative estimate of drug-likeness (QED) is 0.420. The van der Waals surface area contributed by atoms with Crippen LogP contribution >= 0.6 is 0 Å². The smallest absolute Gasteiger partial charge is 0.211 e. The molecule has 0 radical (unpaired) electrons. The summed E-state index contributed by atoms with van der Waals surface area (Å²) in [6.45, 7) is 5.14. The minimum absolute atomic E-state index is 0.0331. The highest BCUT2D eigenvalue weighted by Gasteiger charge is 2.29. The van der Waals surface area contributed by atoms with Crippen LogP contribution in [0, 0.1) is 22.8 Å². The Kier molecular flexibility index (Phi) is 5.58. The van der Waals surface area contributed by atoms with Crippen molar-refractivity contribution < 1.29 is 0 Å². The first kappa shape index (κ1) is 20.4. The molecular formula is C21H24N10. The number of likely N-dealkylation sites (N-methyl/N-ethyl adjacent to an activating group) is 1. The van der Waals surface area contributed by atoms with Gasteiger partial charge in [0.2, 0.25) is 5.96 Å². The molecule has 10 heteroatoms. The van der Waals surface area contributed by atoms with Crippen LogP contribution < -0.4 is 22.1 Å². The first-order chi connectivity index (χ1) is 15.0. The Hall–Kier alpha value is -3.86. The maximum Gasteiger partial charge on any atom is 0.211 e. The molecule has 0 aliphatic carbocycles. The number of nitriles is 2. The summed E-state index contributed by atoms with van der Waals surface area (Å²) < 4.78 is 0. The summed E-state index contributed by atoms with van der Waals surface area (Å²) in [5.74, 6) is 0.663. The summed E-state index contributed by atoms with van der Waals surface area (Å²) in [6.07, 6.45) is 1.85. The minimum atomic E-state index is -0.523. The molecule has 1 saturated heterocycles. The highest BCUT2D eigenvalue weighted by Crippen LogP contribution is 2.40. The Balaban J connectivity index is 1.65. The average molecular weight is 416 g/mol. The Morgan fingerprint density at radius 1 is 1.16 bits per heavy atom. The highest BCUT2D eigenvalue weighted by atomic mass is 15.2. The SMILES string of the molecule is CN1CCN(Cc2ccc(C3N=C(NC#N)Nc4nc(N)c(C#N)c(N)c43)cc2)CC1. The summed E-state index contributed by atoms with van der Waals surface area (Å²) in [7, 11) is 2.14. The van der Waals surface area contributed by atoms with E-state index in [2.05, 4.69) is 49.6 Å². The molecular weight excluding hydrogens is 392 g/mol. The third-order valence-electron chi connectivity index (χ3n) is 5.66. The van der Waals surface area contributed by atoms with E-state index in [1.165, 1.54) is 5.56 Å². The van der Waals surface area contributed by atoms with Crippen LogP contribution in [0.1, 0.15) is 28.3 Å². The Morgan fingerprint density at radius 3 is 2.52 bits per heavy atom. The number of pyridine rings is 1. The number of fused-ring (bicyclic) bond motifs is 1. The van der Waals surface area contributed by atoms with Gasteiger partial charge < -0.3 is 21.7 Å². The lowest BCUT2D eigenvalue weighted by Gasteiger charge is -2.32. The number of nitrogens with two attached hydrogens (primary N) is 2. The molecule has 1 fully saturated rings. The van der Waals surface area contributed by atoms with Gasteiger partial charge in [0.1, 0.15) is 29.3 Å². The largest absolute Gasteiger partial charge is 0.397 e. The first-order valence-corrected chi connectivity index (χ1v) is 9.98. The molecule has 1 unspecified atom stereocenters. The van der Waals surface area contributed by atoms with E-state index in [1.54, 1.807) is 0 Å². The number of anilines is 3. The number of hydrogen-bond donors (Lipinski definition) is 4. The number of hydrogen-bond acceptors (Lipinski definition) is 10. The van der Waals surface area contributed by atoms with Crippen molar-refractivity contribution in [2.24, 2.45) is 4.99 Å². The molecule has 2 aliphatic rings. The number of nitrogens with one attached hydrogen (secondary N) is 2. The van der Waals surface area contributed by atoms with Crippen molar-refractivity contribution in [2.45, 2.75) is 12.6 Å². The van der Waals surface area contributed by atoms with Gasteiger partial charge in [-0.2, -0.15) is 10.5 Å². The van der Waals surface area contributed by atoms with E-state index >= 15 is 0 Å². The number of rotatable bonds is 3. The van der Waals surface area contributed by atoms with Crippen molar-refractivity contribution in [3.63, 3.8) is 0 Å². The van der Waals surface area contributed by atoms with E-state index in [0.29, 0.717) is 11.4 Å². The molecule has 1 atom stereocenters. The molecule has 3 heterocycles. The summed E-state index contributed by atoms with van der Waals surface area (Å²) in [5, 5.41) is 23.9. The lowest BCUT2D eigenvalue weighted by molar-refractivity contribution is 0.148. The van der Waals surface area contributed by atoms with Crippen LogP contribution in [0.3, 0.4) is 0 Å². The van der Waals surface area contributed by atoms with Crippen molar-refractivity contribution in [3.05, 3.63) is 46.5 Å². The topological polar surface area (TPSA) is 155 Å². The van der Waals surface area contributed by atoms with Crippen LogP contribution in [0.4, 0.5) is 17.3 Å². The molecule has 31 heavy (non-hydrogen) atoms. The Morgan fingerprint density at radius 2 is 1.87 bits per heavy atom. The number of aromatic nitrogens is 1. The van der Waals surface area contributed by atoms with Crippen LogP contribution in [0.5, 0.6) is 0 Å². The van der Waals surface area contributed by atoms with Gasteiger partial charge in [-0.1, -0.05) is 24.3 Å². The van der Waals surface area contributed by atoms with E-state index in [1.807, 2.05) is 24.4 Å². The molecule has 158 valence electrons. The molecule has 0 saturated carbocycles. The summed E-state index contributed by atoms with van der Waals surface area (Å²) in [4.78, 5) is 13.6. The zero-order valence-electron chi connectivity index (χ0n) is 17.3. The third kappa shape index (κ3) is 4.08. The van der Waals surface area contributed by atoms with Crippen LogP contribution in [-0.2, 0) is 6.54 Å². The van der Waals surface area contributed by atoms with Gasteiger partial charge in [-0.25, -0.2) is 9.98 Å². The van der Waals surface area contributed by atoms with E-state index in [-0.39, 0.29) is 23.0 Å². The molecule has 1 aromatic carbocycles. The number of nitrogens with zero attached hydrogens (tertiary/aromatic N) is 6. The maximum atomic E-state index is 9.43. The summed E-state index contributed by atoms with van der Waals surface area (Å²) >= 11 is 0. The molecule has 4 rings (SSSR count). The van der Waals surface area contributed by atoms with Gasteiger partial charge in [-0.05, 0) is 18.2 Å². The van der Waals surface area contributed by atoms with Crippen LogP contribution in [0.25, 0.3) is 0 Å².